The average molecular weight is 397 g/mol. The number of ether oxygens (including phenoxy) is 2. The minimum atomic E-state index is -0.246. The minimum absolute atomic E-state index is 0.0357. The molecule has 5 nitrogen and oxygen atoms in total. The summed E-state index contributed by atoms with van der Waals surface area (Å²) >= 11 is 1.62. The van der Waals surface area contributed by atoms with Crippen LogP contribution < -0.4 is 9.47 Å². The highest BCUT2D eigenvalue weighted by Crippen LogP contribution is 2.41. The zero-order valence-corrected chi connectivity index (χ0v) is 17.4. The second-order valence-corrected chi connectivity index (χ2v) is 8.83. The molecule has 0 bridgehead atoms. The van der Waals surface area contributed by atoms with Crippen molar-refractivity contribution in [2.75, 3.05) is 13.7 Å². The normalized spacial score (nSPS) is 15.7. The number of fused-ring (bicyclic) bond motifs is 2. The van der Waals surface area contributed by atoms with Crippen LogP contribution >= 0.6 is 11.3 Å². The summed E-state index contributed by atoms with van der Waals surface area (Å²) in [6.45, 7) is 6.05. The summed E-state index contributed by atoms with van der Waals surface area (Å²) in [6.07, 6.45) is 0.835. The molecule has 28 heavy (non-hydrogen) atoms. The zero-order chi connectivity index (χ0) is 19.9. The Morgan fingerprint density at radius 3 is 2.86 bits per heavy atom. The standard InChI is InChI=1S/C22H24N2O3S/c1-14(21-23-16-9-5-6-11-18(16)28-21)24(4)19(25)13-26-17-10-7-8-15-12-22(2,3)27-20(15)17/h5-11,14H,12-13H2,1-4H3. The van der Waals surface area contributed by atoms with Crippen molar-refractivity contribution in [3.63, 3.8) is 0 Å². The maximum Gasteiger partial charge on any atom is 0.260 e. The number of likely N-dealkylation sites (N-methyl/N-ethyl adjacent to an activating group) is 1. The van der Waals surface area contributed by atoms with Gasteiger partial charge in [0.15, 0.2) is 18.1 Å². The fourth-order valence-corrected chi connectivity index (χ4v) is 4.46. The van der Waals surface area contributed by atoms with Crippen LogP contribution in [0.2, 0.25) is 0 Å². The first kappa shape index (κ1) is 18.7. The number of carbonyl (C=O) groups excluding carboxylic acids is 1. The molecule has 3 aromatic rings. The third-order valence-electron chi connectivity index (χ3n) is 5.05. The molecule has 1 atom stereocenters. The van der Waals surface area contributed by atoms with Crippen LogP contribution in [0.1, 0.15) is 37.4 Å². The van der Waals surface area contributed by atoms with Gasteiger partial charge in [0.1, 0.15) is 10.6 Å². The maximum absolute atomic E-state index is 12.7. The molecule has 4 rings (SSSR count). The lowest BCUT2D eigenvalue weighted by Gasteiger charge is -2.23. The molecule has 146 valence electrons. The predicted octanol–water partition coefficient (Wildman–Crippen LogP) is 4.61. The second-order valence-electron chi connectivity index (χ2n) is 7.77. The average Bonchev–Trinajstić information content (AvgIpc) is 3.24. The van der Waals surface area contributed by atoms with Gasteiger partial charge in [-0.15, -0.1) is 11.3 Å². The highest BCUT2D eigenvalue weighted by atomic mass is 32.1. The van der Waals surface area contributed by atoms with Gasteiger partial charge in [-0.1, -0.05) is 24.3 Å². The Morgan fingerprint density at radius 1 is 1.29 bits per heavy atom. The van der Waals surface area contributed by atoms with Gasteiger partial charge in [0.05, 0.1) is 16.3 Å². The van der Waals surface area contributed by atoms with E-state index in [4.69, 9.17) is 9.47 Å². The quantitative estimate of drug-likeness (QED) is 0.632. The fraction of sp³-hybridized carbons (Fsp3) is 0.364. The Kier molecular flexibility index (Phi) is 4.75. The van der Waals surface area contributed by atoms with Crippen LogP contribution in [0.25, 0.3) is 10.2 Å². The van der Waals surface area contributed by atoms with Crippen molar-refractivity contribution >= 4 is 27.5 Å². The summed E-state index contributed by atoms with van der Waals surface area (Å²) < 4.78 is 13.0. The number of aromatic nitrogens is 1. The highest BCUT2D eigenvalue weighted by molar-refractivity contribution is 7.18. The molecule has 6 heteroatoms. The summed E-state index contributed by atoms with van der Waals surface area (Å²) in [6, 6.07) is 13.7. The van der Waals surface area contributed by atoms with Gasteiger partial charge in [-0.2, -0.15) is 0 Å². The van der Waals surface area contributed by atoms with Gasteiger partial charge in [-0.3, -0.25) is 4.79 Å². The van der Waals surface area contributed by atoms with Crippen LogP contribution in [0.5, 0.6) is 11.5 Å². The summed E-state index contributed by atoms with van der Waals surface area (Å²) in [4.78, 5) is 19.1. The summed E-state index contributed by atoms with van der Waals surface area (Å²) in [5, 5.41) is 0.919. The molecule has 0 spiro atoms. The van der Waals surface area contributed by atoms with E-state index in [1.54, 1.807) is 23.3 Å². The van der Waals surface area contributed by atoms with Crippen molar-refractivity contribution < 1.29 is 14.3 Å². The Hall–Kier alpha value is -2.60. The van der Waals surface area contributed by atoms with Gasteiger partial charge in [0.25, 0.3) is 5.91 Å². The minimum Gasteiger partial charge on any atom is -0.483 e. The lowest BCUT2D eigenvalue weighted by Crippen LogP contribution is -2.33. The van der Waals surface area contributed by atoms with E-state index in [2.05, 4.69) is 18.8 Å². The van der Waals surface area contributed by atoms with Crippen LogP contribution in [-0.4, -0.2) is 35.0 Å². The molecule has 1 unspecified atom stereocenters. The van der Waals surface area contributed by atoms with E-state index in [1.807, 2.05) is 49.4 Å². The van der Waals surface area contributed by atoms with E-state index in [9.17, 15) is 4.79 Å². The summed E-state index contributed by atoms with van der Waals surface area (Å²) in [5.74, 6) is 1.28. The van der Waals surface area contributed by atoms with E-state index in [1.165, 1.54) is 0 Å². The number of para-hydroxylation sites is 2. The Balaban J connectivity index is 1.44. The zero-order valence-electron chi connectivity index (χ0n) is 16.6. The van der Waals surface area contributed by atoms with Gasteiger partial charge in [-0.25, -0.2) is 4.98 Å². The molecule has 1 aromatic heterocycles. The first-order valence-electron chi connectivity index (χ1n) is 9.39. The highest BCUT2D eigenvalue weighted by Gasteiger charge is 2.32. The number of amides is 1. The van der Waals surface area contributed by atoms with Crippen molar-refractivity contribution in [2.45, 2.75) is 38.8 Å². The van der Waals surface area contributed by atoms with E-state index < -0.39 is 0 Å². The summed E-state index contributed by atoms with van der Waals surface area (Å²) in [5.41, 5.74) is 1.83. The number of rotatable bonds is 5. The summed E-state index contributed by atoms with van der Waals surface area (Å²) in [7, 11) is 1.79. The van der Waals surface area contributed by atoms with Gasteiger partial charge in [0.2, 0.25) is 0 Å². The molecule has 0 N–H and O–H groups in total. The molecule has 1 amide bonds. The van der Waals surface area contributed by atoms with Gasteiger partial charge in [0, 0.05) is 19.0 Å². The number of thiazole rings is 1. The maximum atomic E-state index is 12.7. The second kappa shape index (κ2) is 7.09. The number of carbonyl (C=O) groups is 1. The number of hydrogen-bond acceptors (Lipinski definition) is 5. The van der Waals surface area contributed by atoms with Gasteiger partial charge in [-0.05, 0) is 39.0 Å². The predicted molar refractivity (Wildman–Crippen MR) is 111 cm³/mol. The van der Waals surface area contributed by atoms with Crippen LogP contribution in [-0.2, 0) is 11.2 Å². The monoisotopic (exact) mass is 396 g/mol. The fourth-order valence-electron chi connectivity index (χ4n) is 3.39. The molecule has 2 heterocycles. The number of hydrogen-bond donors (Lipinski definition) is 0. The molecule has 1 aliphatic heterocycles. The SMILES string of the molecule is CC(c1nc2ccccc2s1)N(C)C(=O)COc1cccc2c1OC(C)(C)C2. The molecular formula is C22H24N2O3S. The smallest absolute Gasteiger partial charge is 0.260 e. The van der Waals surface area contributed by atoms with Crippen LogP contribution in [0.4, 0.5) is 0 Å². The molecule has 0 radical (unpaired) electrons. The lowest BCUT2D eigenvalue weighted by molar-refractivity contribution is -0.134. The van der Waals surface area contributed by atoms with Crippen LogP contribution in [0.3, 0.4) is 0 Å². The van der Waals surface area contributed by atoms with Crippen molar-refractivity contribution in [1.29, 1.82) is 0 Å². The molecule has 0 fully saturated rings. The Morgan fingerprint density at radius 2 is 2.07 bits per heavy atom. The Bertz CT molecular complexity index is 995. The molecule has 0 saturated heterocycles. The van der Waals surface area contributed by atoms with Crippen LogP contribution in [0.15, 0.2) is 42.5 Å². The third kappa shape index (κ3) is 3.56. The topological polar surface area (TPSA) is 51.7 Å². The number of nitrogens with zero attached hydrogens (tertiary/aromatic N) is 2. The van der Waals surface area contributed by atoms with E-state index >= 15 is 0 Å². The Labute approximate surface area is 168 Å². The first-order chi connectivity index (χ1) is 13.3. The molecular weight excluding hydrogens is 372 g/mol. The largest absolute Gasteiger partial charge is 0.483 e. The van der Waals surface area contributed by atoms with Gasteiger partial charge < -0.3 is 14.4 Å². The van der Waals surface area contributed by atoms with Crippen molar-refractivity contribution in [3.05, 3.63) is 53.0 Å². The molecule has 0 aliphatic carbocycles. The lowest BCUT2D eigenvalue weighted by atomic mass is 10.0. The third-order valence-corrected chi connectivity index (χ3v) is 6.25. The van der Waals surface area contributed by atoms with E-state index in [-0.39, 0.29) is 24.2 Å². The molecule has 0 saturated carbocycles. The molecule has 2 aromatic carbocycles. The van der Waals surface area contributed by atoms with Crippen molar-refractivity contribution in [3.8, 4) is 11.5 Å². The first-order valence-corrected chi connectivity index (χ1v) is 10.2. The van der Waals surface area contributed by atoms with E-state index in [0.717, 1.165) is 33.0 Å². The van der Waals surface area contributed by atoms with Crippen molar-refractivity contribution in [1.82, 2.24) is 9.88 Å². The van der Waals surface area contributed by atoms with Gasteiger partial charge >= 0.3 is 0 Å². The number of benzene rings is 2. The van der Waals surface area contributed by atoms with Crippen LogP contribution in [0, 0.1) is 0 Å². The van der Waals surface area contributed by atoms with Crippen molar-refractivity contribution in [2.24, 2.45) is 0 Å². The van der Waals surface area contributed by atoms with E-state index in [0.29, 0.717) is 5.75 Å². The molecule has 1 aliphatic rings.